The summed E-state index contributed by atoms with van der Waals surface area (Å²) in [5, 5.41) is 11.8. The fourth-order valence-corrected chi connectivity index (χ4v) is 2.07. The number of hydrogen-bond acceptors (Lipinski definition) is 3. The number of fused-ring (bicyclic) bond motifs is 1. The molecule has 21 heavy (non-hydrogen) atoms. The average Bonchev–Trinajstić information content (AvgIpc) is 2.44. The van der Waals surface area contributed by atoms with Crippen LogP contribution < -0.4 is 10.7 Å². The predicted octanol–water partition coefficient (Wildman–Crippen LogP) is 1.37. The first-order valence-electron chi connectivity index (χ1n) is 6.56. The van der Waals surface area contributed by atoms with E-state index in [2.05, 4.69) is 10.3 Å². The molecule has 0 unspecified atom stereocenters. The van der Waals surface area contributed by atoms with Crippen molar-refractivity contribution in [1.29, 1.82) is 0 Å². The van der Waals surface area contributed by atoms with E-state index in [1.54, 1.807) is 38.1 Å². The fourth-order valence-electron chi connectivity index (χ4n) is 2.07. The monoisotopic (exact) mass is 288 g/mol. The number of carboxylic acids is 1. The van der Waals surface area contributed by atoms with Crippen molar-refractivity contribution in [2.45, 2.75) is 19.9 Å². The average molecular weight is 288 g/mol. The summed E-state index contributed by atoms with van der Waals surface area (Å²) in [4.78, 5) is 38.4. The smallest absolute Gasteiger partial charge is 0.326 e. The van der Waals surface area contributed by atoms with Crippen LogP contribution in [0.1, 0.15) is 24.2 Å². The molecule has 1 atom stereocenters. The number of carboxylic acid groups (broad SMARTS) is 1. The summed E-state index contributed by atoms with van der Waals surface area (Å²) in [5.74, 6) is -2.11. The van der Waals surface area contributed by atoms with Crippen molar-refractivity contribution in [3.63, 3.8) is 0 Å². The van der Waals surface area contributed by atoms with Crippen LogP contribution in [0.4, 0.5) is 0 Å². The summed E-state index contributed by atoms with van der Waals surface area (Å²) in [6.07, 6.45) is 1.30. The Morgan fingerprint density at radius 3 is 2.52 bits per heavy atom. The third-order valence-electron chi connectivity index (χ3n) is 3.25. The zero-order valence-corrected chi connectivity index (χ0v) is 11.7. The molecule has 0 saturated heterocycles. The molecule has 0 spiro atoms. The molecular weight excluding hydrogens is 272 g/mol. The van der Waals surface area contributed by atoms with Crippen molar-refractivity contribution in [2.75, 3.05) is 0 Å². The number of aromatic amines is 1. The molecule has 6 heteroatoms. The van der Waals surface area contributed by atoms with Crippen molar-refractivity contribution >= 4 is 22.8 Å². The number of carbonyl (C=O) groups excluding carboxylic acids is 1. The lowest BCUT2D eigenvalue weighted by Gasteiger charge is -2.17. The predicted molar refractivity (Wildman–Crippen MR) is 78.3 cm³/mol. The van der Waals surface area contributed by atoms with E-state index in [1.807, 2.05) is 0 Å². The molecule has 1 heterocycles. The van der Waals surface area contributed by atoms with Crippen LogP contribution in [0.3, 0.4) is 0 Å². The Morgan fingerprint density at radius 1 is 1.24 bits per heavy atom. The SMILES string of the molecule is CC(C)[C@@H](NC(=O)c1c[nH]c2ccccc2c1=O)C(=O)O. The van der Waals surface area contributed by atoms with Gasteiger partial charge in [-0.2, -0.15) is 0 Å². The molecule has 0 bridgehead atoms. The quantitative estimate of drug-likeness (QED) is 0.791. The molecule has 1 amide bonds. The summed E-state index contributed by atoms with van der Waals surface area (Å²) in [7, 11) is 0. The van der Waals surface area contributed by atoms with Crippen LogP contribution in [-0.4, -0.2) is 28.0 Å². The molecule has 110 valence electrons. The van der Waals surface area contributed by atoms with Crippen molar-refractivity contribution in [3.05, 3.63) is 46.2 Å². The highest BCUT2D eigenvalue weighted by molar-refractivity contribution is 5.98. The molecule has 0 aliphatic rings. The van der Waals surface area contributed by atoms with E-state index in [-0.39, 0.29) is 11.5 Å². The molecule has 1 aromatic carbocycles. The number of rotatable bonds is 4. The second-order valence-electron chi connectivity index (χ2n) is 5.11. The molecule has 0 fully saturated rings. The van der Waals surface area contributed by atoms with E-state index >= 15 is 0 Å². The van der Waals surface area contributed by atoms with Gasteiger partial charge in [-0.3, -0.25) is 9.59 Å². The van der Waals surface area contributed by atoms with E-state index in [0.717, 1.165) is 0 Å². The number of para-hydroxylation sites is 1. The molecule has 6 nitrogen and oxygen atoms in total. The van der Waals surface area contributed by atoms with Gasteiger partial charge in [0.2, 0.25) is 5.43 Å². The van der Waals surface area contributed by atoms with Crippen LogP contribution in [0, 0.1) is 5.92 Å². The Bertz CT molecular complexity index is 749. The van der Waals surface area contributed by atoms with Crippen LogP contribution >= 0.6 is 0 Å². The van der Waals surface area contributed by atoms with Gasteiger partial charge in [0.05, 0.1) is 0 Å². The Hall–Kier alpha value is -2.63. The van der Waals surface area contributed by atoms with Gasteiger partial charge in [-0.25, -0.2) is 4.79 Å². The van der Waals surface area contributed by atoms with Crippen LogP contribution in [0.2, 0.25) is 0 Å². The maximum absolute atomic E-state index is 12.3. The minimum Gasteiger partial charge on any atom is -0.480 e. The Kier molecular flexibility index (Phi) is 4.07. The Balaban J connectivity index is 2.38. The number of H-pyrrole nitrogens is 1. The maximum atomic E-state index is 12.3. The van der Waals surface area contributed by atoms with Gasteiger partial charge in [-0.15, -0.1) is 0 Å². The summed E-state index contributed by atoms with van der Waals surface area (Å²) >= 11 is 0. The van der Waals surface area contributed by atoms with Gasteiger partial charge in [0.1, 0.15) is 11.6 Å². The molecule has 0 aliphatic carbocycles. The van der Waals surface area contributed by atoms with Crippen LogP contribution in [0.25, 0.3) is 10.9 Å². The van der Waals surface area contributed by atoms with Crippen molar-refractivity contribution in [2.24, 2.45) is 5.92 Å². The highest BCUT2D eigenvalue weighted by Crippen LogP contribution is 2.08. The topological polar surface area (TPSA) is 99.3 Å². The highest BCUT2D eigenvalue weighted by Gasteiger charge is 2.25. The molecule has 2 rings (SSSR count). The standard InChI is InChI=1S/C15H16N2O4/c1-8(2)12(15(20)21)17-14(19)10-7-16-11-6-4-3-5-9(11)13(10)18/h3-8,12H,1-2H3,(H,16,18)(H,17,19)(H,20,21)/t12-/m1/s1. The van der Waals surface area contributed by atoms with Crippen LogP contribution in [0.15, 0.2) is 35.3 Å². The van der Waals surface area contributed by atoms with Crippen LogP contribution in [-0.2, 0) is 4.79 Å². The number of nitrogens with one attached hydrogen (secondary N) is 2. The van der Waals surface area contributed by atoms with E-state index in [0.29, 0.717) is 10.9 Å². The first kappa shape index (κ1) is 14.8. The maximum Gasteiger partial charge on any atom is 0.326 e. The minimum absolute atomic E-state index is 0.0967. The van der Waals surface area contributed by atoms with Gasteiger partial charge in [0.15, 0.2) is 0 Å². The van der Waals surface area contributed by atoms with E-state index < -0.39 is 23.3 Å². The summed E-state index contributed by atoms with van der Waals surface area (Å²) in [6.45, 7) is 3.37. The van der Waals surface area contributed by atoms with Crippen LogP contribution in [0.5, 0.6) is 0 Å². The number of benzene rings is 1. The zero-order valence-electron chi connectivity index (χ0n) is 11.7. The van der Waals surface area contributed by atoms with Gasteiger partial charge in [-0.1, -0.05) is 26.0 Å². The lowest BCUT2D eigenvalue weighted by molar-refractivity contribution is -0.140. The second kappa shape index (κ2) is 5.78. The van der Waals surface area contributed by atoms with Crippen molar-refractivity contribution in [1.82, 2.24) is 10.3 Å². The van der Waals surface area contributed by atoms with Gasteiger partial charge < -0.3 is 15.4 Å². The molecule has 0 radical (unpaired) electrons. The third kappa shape index (κ3) is 2.94. The van der Waals surface area contributed by atoms with Crippen molar-refractivity contribution in [3.8, 4) is 0 Å². The number of amides is 1. The van der Waals surface area contributed by atoms with E-state index in [1.165, 1.54) is 6.20 Å². The number of pyridine rings is 1. The number of hydrogen-bond donors (Lipinski definition) is 3. The second-order valence-corrected chi connectivity index (χ2v) is 5.11. The van der Waals surface area contributed by atoms with Crippen molar-refractivity contribution < 1.29 is 14.7 Å². The summed E-state index contributed by atoms with van der Waals surface area (Å²) in [6, 6.07) is 5.78. The molecule has 1 aromatic heterocycles. The van der Waals surface area contributed by atoms with Gasteiger partial charge in [-0.05, 0) is 18.1 Å². The largest absolute Gasteiger partial charge is 0.480 e. The summed E-state index contributed by atoms with van der Waals surface area (Å²) < 4.78 is 0. The minimum atomic E-state index is -1.13. The normalized spacial score (nSPS) is 12.3. The first-order valence-corrected chi connectivity index (χ1v) is 6.56. The van der Waals surface area contributed by atoms with Gasteiger partial charge >= 0.3 is 5.97 Å². The Labute approximate surface area is 120 Å². The molecule has 0 saturated carbocycles. The zero-order chi connectivity index (χ0) is 15.6. The molecular formula is C15H16N2O4. The van der Waals surface area contributed by atoms with Gasteiger partial charge in [0, 0.05) is 17.1 Å². The lowest BCUT2D eigenvalue weighted by Crippen LogP contribution is -2.45. The lowest BCUT2D eigenvalue weighted by atomic mass is 10.0. The molecule has 2 aromatic rings. The van der Waals surface area contributed by atoms with E-state index in [9.17, 15) is 14.4 Å². The van der Waals surface area contributed by atoms with E-state index in [4.69, 9.17) is 5.11 Å². The highest BCUT2D eigenvalue weighted by atomic mass is 16.4. The number of aliphatic carboxylic acids is 1. The first-order chi connectivity index (χ1) is 9.91. The Morgan fingerprint density at radius 2 is 1.90 bits per heavy atom. The number of aromatic nitrogens is 1. The van der Waals surface area contributed by atoms with Gasteiger partial charge in [0.25, 0.3) is 5.91 Å². The summed E-state index contributed by atoms with van der Waals surface area (Å²) in [5.41, 5.74) is 0.105. The molecule has 3 N–H and O–H groups in total. The fraction of sp³-hybridized carbons (Fsp3) is 0.267. The molecule has 0 aliphatic heterocycles. The third-order valence-corrected chi connectivity index (χ3v) is 3.25. The number of carbonyl (C=O) groups is 2.